The second-order valence-electron chi connectivity index (χ2n) is 2.66. The van der Waals surface area contributed by atoms with Gasteiger partial charge < -0.3 is 10.5 Å². The highest BCUT2D eigenvalue weighted by molar-refractivity contribution is 7.99. The van der Waals surface area contributed by atoms with Gasteiger partial charge in [-0.05, 0) is 12.1 Å². The fourth-order valence-corrected chi connectivity index (χ4v) is 1.55. The number of ether oxygens (including phenoxy) is 1. The molecule has 0 aromatic heterocycles. The van der Waals surface area contributed by atoms with Gasteiger partial charge in [0.15, 0.2) is 0 Å². The first-order valence-corrected chi connectivity index (χ1v) is 4.75. The van der Waals surface area contributed by atoms with Gasteiger partial charge in [0.1, 0.15) is 5.75 Å². The van der Waals surface area contributed by atoms with E-state index >= 15 is 0 Å². The number of rotatable bonds is 3. The van der Waals surface area contributed by atoms with E-state index in [4.69, 9.17) is 5.73 Å². The summed E-state index contributed by atoms with van der Waals surface area (Å²) in [6.45, 7) is 0. The summed E-state index contributed by atoms with van der Waals surface area (Å²) >= 11 is 0.0921. The smallest absolute Gasteiger partial charge is 0.406 e. The van der Waals surface area contributed by atoms with Crippen molar-refractivity contribution >= 4 is 17.4 Å². The molecule has 0 spiro atoms. The van der Waals surface area contributed by atoms with Gasteiger partial charge in [0.05, 0.1) is 0 Å². The molecular formula is C8H6F5NOS. The highest BCUT2D eigenvalue weighted by atomic mass is 32.2. The van der Waals surface area contributed by atoms with Crippen molar-refractivity contribution in [2.75, 3.05) is 5.73 Å². The molecule has 0 aliphatic heterocycles. The molecule has 16 heavy (non-hydrogen) atoms. The summed E-state index contributed by atoms with van der Waals surface area (Å²) in [7, 11) is 0. The van der Waals surface area contributed by atoms with Crippen LogP contribution < -0.4 is 10.5 Å². The van der Waals surface area contributed by atoms with Crippen LogP contribution in [0.5, 0.6) is 5.75 Å². The van der Waals surface area contributed by atoms with E-state index in [-0.39, 0.29) is 22.3 Å². The van der Waals surface area contributed by atoms with Gasteiger partial charge >= 0.3 is 6.36 Å². The number of nitrogens with two attached hydrogens (primary N) is 1. The van der Waals surface area contributed by atoms with Crippen LogP contribution in [0.3, 0.4) is 0 Å². The van der Waals surface area contributed by atoms with Crippen LogP contribution in [0.15, 0.2) is 23.1 Å². The molecule has 0 unspecified atom stereocenters. The van der Waals surface area contributed by atoms with Gasteiger partial charge in [-0.25, -0.2) is 0 Å². The van der Waals surface area contributed by atoms with E-state index < -0.39 is 17.9 Å². The largest absolute Gasteiger partial charge is 0.573 e. The van der Waals surface area contributed by atoms with Gasteiger partial charge in [-0.2, -0.15) is 8.78 Å². The second-order valence-corrected chi connectivity index (χ2v) is 3.73. The number of alkyl halides is 5. The number of hydrogen-bond acceptors (Lipinski definition) is 3. The number of halogens is 5. The second kappa shape index (κ2) is 4.77. The summed E-state index contributed by atoms with van der Waals surface area (Å²) in [6, 6.07) is 2.89. The summed E-state index contributed by atoms with van der Waals surface area (Å²) in [5, 5.41) is 0. The number of anilines is 1. The highest BCUT2D eigenvalue weighted by Gasteiger charge is 2.31. The van der Waals surface area contributed by atoms with E-state index in [1.165, 1.54) is 0 Å². The lowest BCUT2D eigenvalue weighted by molar-refractivity contribution is -0.274. The number of benzene rings is 1. The summed E-state index contributed by atoms with van der Waals surface area (Å²) in [6.07, 6.45) is -4.87. The summed E-state index contributed by atoms with van der Waals surface area (Å²) < 4.78 is 63.1. The zero-order valence-corrected chi connectivity index (χ0v) is 8.41. The molecule has 1 aromatic rings. The van der Waals surface area contributed by atoms with Gasteiger partial charge in [-0.1, -0.05) is 11.8 Å². The highest BCUT2D eigenvalue weighted by Crippen LogP contribution is 2.32. The van der Waals surface area contributed by atoms with Crippen LogP contribution >= 0.6 is 11.8 Å². The molecule has 0 heterocycles. The third kappa shape index (κ3) is 4.56. The maximum atomic E-state index is 12.0. The van der Waals surface area contributed by atoms with Crippen molar-refractivity contribution in [3.05, 3.63) is 18.2 Å². The van der Waals surface area contributed by atoms with Crippen molar-refractivity contribution in [3.8, 4) is 5.75 Å². The molecule has 8 heteroatoms. The predicted molar refractivity (Wildman–Crippen MR) is 49.4 cm³/mol. The fraction of sp³-hybridized carbons (Fsp3) is 0.250. The lowest BCUT2D eigenvalue weighted by atomic mass is 10.3. The Bertz CT molecular complexity index is 368. The number of thioether (sulfide) groups is 1. The number of hydrogen-bond donors (Lipinski definition) is 1. The molecule has 1 rings (SSSR count). The molecule has 0 amide bonds. The monoisotopic (exact) mass is 259 g/mol. The molecule has 2 nitrogen and oxygen atoms in total. The lowest BCUT2D eigenvalue weighted by Crippen LogP contribution is -2.17. The van der Waals surface area contributed by atoms with E-state index in [2.05, 4.69) is 4.74 Å². The lowest BCUT2D eigenvalue weighted by Gasteiger charge is -2.10. The van der Waals surface area contributed by atoms with E-state index in [0.717, 1.165) is 18.2 Å². The zero-order valence-electron chi connectivity index (χ0n) is 7.59. The van der Waals surface area contributed by atoms with Crippen LogP contribution in [-0.4, -0.2) is 12.1 Å². The van der Waals surface area contributed by atoms with Crippen molar-refractivity contribution < 1.29 is 26.7 Å². The molecule has 2 N–H and O–H groups in total. The normalized spacial score (nSPS) is 11.9. The van der Waals surface area contributed by atoms with Gasteiger partial charge in [0.2, 0.25) is 0 Å². The molecule has 0 fully saturated rings. The molecule has 0 aliphatic rings. The van der Waals surface area contributed by atoms with Crippen LogP contribution in [0.2, 0.25) is 0 Å². The van der Waals surface area contributed by atoms with Gasteiger partial charge in [0.25, 0.3) is 5.76 Å². The van der Waals surface area contributed by atoms with Gasteiger partial charge in [-0.15, -0.1) is 13.2 Å². The number of nitrogen functional groups attached to an aromatic ring is 1. The molecule has 0 radical (unpaired) electrons. The van der Waals surface area contributed by atoms with Crippen LogP contribution in [0.4, 0.5) is 27.6 Å². The average molecular weight is 259 g/mol. The van der Waals surface area contributed by atoms with Gasteiger partial charge in [-0.3, -0.25) is 0 Å². The first kappa shape index (κ1) is 12.9. The standard InChI is InChI=1S/C8H6F5NOS/c9-7(10)16-6-2-4(14)1-5(3-6)15-8(11,12)13/h1-3,7H,14H2. The van der Waals surface area contributed by atoms with Crippen LogP contribution in [-0.2, 0) is 0 Å². The molecule has 0 saturated heterocycles. The zero-order chi connectivity index (χ0) is 12.3. The Kier molecular flexibility index (Phi) is 3.84. The Hall–Kier alpha value is -1.18. The van der Waals surface area contributed by atoms with Crippen molar-refractivity contribution in [2.45, 2.75) is 17.0 Å². The van der Waals surface area contributed by atoms with E-state index in [0.29, 0.717) is 0 Å². The maximum Gasteiger partial charge on any atom is 0.573 e. The fourth-order valence-electron chi connectivity index (χ4n) is 0.957. The van der Waals surface area contributed by atoms with E-state index in [9.17, 15) is 22.0 Å². The minimum absolute atomic E-state index is 0.0788. The average Bonchev–Trinajstić information content (AvgIpc) is 1.96. The Morgan fingerprint density at radius 1 is 1.19 bits per heavy atom. The minimum atomic E-state index is -4.87. The summed E-state index contributed by atoms with van der Waals surface area (Å²) in [4.78, 5) is -0.0887. The quantitative estimate of drug-likeness (QED) is 0.512. The predicted octanol–water partition coefficient (Wildman–Crippen LogP) is 3.48. The van der Waals surface area contributed by atoms with Crippen molar-refractivity contribution in [1.29, 1.82) is 0 Å². The molecule has 90 valence electrons. The minimum Gasteiger partial charge on any atom is -0.406 e. The summed E-state index contributed by atoms with van der Waals surface area (Å²) in [5.41, 5.74) is 5.17. The molecule has 1 aromatic carbocycles. The summed E-state index contributed by atoms with van der Waals surface area (Å²) in [5.74, 6) is -3.35. The third-order valence-electron chi connectivity index (χ3n) is 1.36. The van der Waals surface area contributed by atoms with Crippen molar-refractivity contribution in [3.63, 3.8) is 0 Å². The van der Waals surface area contributed by atoms with Crippen LogP contribution in [0.1, 0.15) is 0 Å². The molecule has 0 saturated carbocycles. The molecule has 0 atom stereocenters. The van der Waals surface area contributed by atoms with Crippen molar-refractivity contribution in [1.82, 2.24) is 0 Å². The van der Waals surface area contributed by atoms with Crippen LogP contribution in [0, 0.1) is 0 Å². The first-order valence-electron chi connectivity index (χ1n) is 3.87. The van der Waals surface area contributed by atoms with E-state index in [1.54, 1.807) is 0 Å². The Morgan fingerprint density at radius 3 is 2.31 bits per heavy atom. The van der Waals surface area contributed by atoms with E-state index in [1.807, 2.05) is 0 Å². The molecule has 0 aliphatic carbocycles. The van der Waals surface area contributed by atoms with Crippen LogP contribution in [0.25, 0.3) is 0 Å². The Labute approximate surface area is 91.6 Å². The Balaban J connectivity index is 2.90. The Morgan fingerprint density at radius 2 is 1.81 bits per heavy atom. The van der Waals surface area contributed by atoms with Crippen molar-refractivity contribution in [2.24, 2.45) is 0 Å². The van der Waals surface area contributed by atoms with Gasteiger partial charge in [0, 0.05) is 16.6 Å². The maximum absolute atomic E-state index is 12.0. The third-order valence-corrected chi connectivity index (χ3v) is 2.05. The molecular weight excluding hydrogens is 253 g/mol. The SMILES string of the molecule is Nc1cc(OC(F)(F)F)cc(SC(F)F)c1. The first-order chi connectivity index (χ1) is 7.26. The molecule has 0 bridgehead atoms. The topological polar surface area (TPSA) is 35.2 Å².